The third-order valence-corrected chi connectivity index (χ3v) is 4.69. The van der Waals surface area contributed by atoms with Crippen LogP contribution in [-0.4, -0.2) is 61.3 Å². The molecule has 2 heterocycles. The molecule has 0 saturated carbocycles. The number of halogens is 2. The van der Waals surface area contributed by atoms with Crippen molar-refractivity contribution in [2.75, 3.05) is 45.2 Å². The molecule has 9 heteroatoms. The van der Waals surface area contributed by atoms with Gasteiger partial charge >= 0.3 is 0 Å². The van der Waals surface area contributed by atoms with Crippen LogP contribution in [-0.2, 0) is 0 Å². The molecule has 130 valence electrons. The maximum atomic E-state index is 14.2. The Morgan fingerprint density at radius 3 is 2.62 bits per heavy atom. The lowest BCUT2D eigenvalue weighted by Crippen LogP contribution is -2.43. The molecular weight excluding hydrogens is 353 g/mol. The second-order valence-electron chi connectivity index (χ2n) is 5.52. The second-order valence-corrected chi connectivity index (χ2v) is 6.48. The molecule has 1 aliphatic heterocycles. The zero-order valence-corrected chi connectivity index (χ0v) is 15.1. The van der Waals surface area contributed by atoms with E-state index in [1.54, 1.807) is 20.2 Å². The normalized spacial score (nSPS) is 14.2. The molecule has 1 amide bonds. The topological polar surface area (TPSA) is 61.4 Å². The highest BCUT2D eigenvalue weighted by Crippen LogP contribution is 2.30. The van der Waals surface area contributed by atoms with Crippen LogP contribution in [0.3, 0.4) is 0 Å². The number of benzene rings is 1. The predicted molar refractivity (Wildman–Crippen MR) is 95.7 cm³/mol. The molecule has 0 atom stereocenters. The van der Waals surface area contributed by atoms with Gasteiger partial charge in [-0.25, -0.2) is 4.39 Å². The Bertz CT molecular complexity index is 718. The summed E-state index contributed by atoms with van der Waals surface area (Å²) in [4.78, 5) is 15.4. The summed E-state index contributed by atoms with van der Waals surface area (Å²) in [6.07, 6.45) is 0. The summed E-state index contributed by atoms with van der Waals surface area (Å²) < 4.78 is 14.2. The third-order valence-electron chi connectivity index (χ3n) is 3.65. The number of anilines is 1. The van der Waals surface area contributed by atoms with E-state index in [2.05, 4.69) is 20.4 Å². The van der Waals surface area contributed by atoms with Crippen molar-refractivity contribution in [1.82, 2.24) is 20.4 Å². The number of hydrogen-bond acceptors (Lipinski definition) is 6. The van der Waals surface area contributed by atoms with Gasteiger partial charge in [-0.3, -0.25) is 4.79 Å². The van der Waals surface area contributed by atoms with Crippen LogP contribution in [0.2, 0.25) is 0 Å². The van der Waals surface area contributed by atoms with Crippen molar-refractivity contribution < 1.29 is 9.18 Å². The Morgan fingerprint density at radius 2 is 2.00 bits per heavy atom. The largest absolute Gasteiger partial charge is 0.345 e. The average molecular weight is 372 g/mol. The lowest BCUT2D eigenvalue weighted by atomic mass is 10.1. The van der Waals surface area contributed by atoms with Crippen LogP contribution in [0.4, 0.5) is 9.52 Å². The minimum atomic E-state index is -0.542. The molecule has 0 aliphatic carbocycles. The lowest BCUT2D eigenvalue weighted by Gasteiger charge is -2.26. The van der Waals surface area contributed by atoms with Gasteiger partial charge in [0.25, 0.3) is 5.91 Å². The number of carbonyl (C=O) groups excluding carboxylic acids is 1. The monoisotopic (exact) mass is 371 g/mol. The molecule has 1 fully saturated rings. The Hall–Kier alpha value is -1.77. The minimum Gasteiger partial charge on any atom is -0.345 e. The summed E-state index contributed by atoms with van der Waals surface area (Å²) in [5.74, 6) is -0.895. The molecule has 6 nitrogen and oxygen atoms in total. The van der Waals surface area contributed by atoms with Crippen LogP contribution in [0.15, 0.2) is 18.2 Å². The van der Waals surface area contributed by atoms with Gasteiger partial charge in [-0.2, -0.15) is 0 Å². The number of carbonyl (C=O) groups is 1. The molecular formula is C15H19ClFN5OS. The molecule has 1 N–H and O–H groups in total. The van der Waals surface area contributed by atoms with Crippen molar-refractivity contribution >= 4 is 34.8 Å². The molecule has 0 spiro atoms. The van der Waals surface area contributed by atoms with Gasteiger partial charge in [0.05, 0.1) is 5.56 Å². The van der Waals surface area contributed by atoms with Crippen LogP contribution in [0, 0.1) is 5.82 Å². The van der Waals surface area contributed by atoms with Crippen molar-refractivity contribution in [3.05, 3.63) is 29.6 Å². The third kappa shape index (κ3) is 3.82. The van der Waals surface area contributed by atoms with E-state index in [1.807, 2.05) is 0 Å². The molecule has 24 heavy (non-hydrogen) atoms. The van der Waals surface area contributed by atoms with Crippen LogP contribution in [0.1, 0.15) is 10.4 Å². The van der Waals surface area contributed by atoms with E-state index in [0.717, 1.165) is 31.3 Å². The van der Waals surface area contributed by atoms with Crippen LogP contribution < -0.4 is 10.2 Å². The molecule has 0 unspecified atom stereocenters. The van der Waals surface area contributed by atoms with Gasteiger partial charge in [0, 0.05) is 45.8 Å². The van der Waals surface area contributed by atoms with Crippen LogP contribution in [0.5, 0.6) is 0 Å². The highest BCUT2D eigenvalue weighted by molar-refractivity contribution is 7.18. The van der Waals surface area contributed by atoms with Gasteiger partial charge in [0.2, 0.25) is 5.13 Å². The van der Waals surface area contributed by atoms with Crippen molar-refractivity contribution in [1.29, 1.82) is 0 Å². The standard InChI is InChI=1S/C15H18FN5OS.ClH/c1-20(2)14(22)11-4-3-10(9-12(11)16)13-18-19-15(23-13)21-7-5-17-6-8-21;/h3-4,9,17H,5-8H2,1-2H3;1H. The number of amides is 1. The first-order valence-electron chi connectivity index (χ1n) is 7.37. The molecule has 3 rings (SSSR count). The van der Waals surface area contributed by atoms with E-state index in [9.17, 15) is 9.18 Å². The number of piperazine rings is 1. The van der Waals surface area contributed by atoms with Crippen molar-refractivity contribution in [2.24, 2.45) is 0 Å². The quantitative estimate of drug-likeness (QED) is 0.892. The molecule has 1 saturated heterocycles. The summed E-state index contributed by atoms with van der Waals surface area (Å²) in [6.45, 7) is 3.62. The molecule has 0 bridgehead atoms. The number of nitrogens with zero attached hydrogens (tertiary/aromatic N) is 4. The highest BCUT2D eigenvalue weighted by Gasteiger charge is 2.18. The van der Waals surface area contributed by atoms with E-state index in [1.165, 1.54) is 28.4 Å². The smallest absolute Gasteiger partial charge is 0.256 e. The number of nitrogens with one attached hydrogen (secondary N) is 1. The molecule has 1 aromatic heterocycles. The van der Waals surface area contributed by atoms with E-state index >= 15 is 0 Å². The molecule has 2 aromatic rings. The van der Waals surface area contributed by atoms with Gasteiger partial charge < -0.3 is 15.1 Å². The first-order chi connectivity index (χ1) is 11.1. The van der Waals surface area contributed by atoms with Crippen molar-refractivity contribution in [2.45, 2.75) is 0 Å². The number of aromatic nitrogens is 2. The fourth-order valence-electron chi connectivity index (χ4n) is 2.38. The first-order valence-corrected chi connectivity index (χ1v) is 8.18. The highest BCUT2D eigenvalue weighted by atomic mass is 35.5. The van der Waals surface area contributed by atoms with Gasteiger partial charge in [-0.05, 0) is 12.1 Å². The average Bonchev–Trinajstić information content (AvgIpc) is 3.05. The van der Waals surface area contributed by atoms with Gasteiger partial charge in [-0.1, -0.05) is 17.4 Å². The Balaban J connectivity index is 0.00000208. The SMILES string of the molecule is CN(C)C(=O)c1ccc(-c2nnc(N3CCNCC3)s2)cc1F.Cl. The lowest BCUT2D eigenvalue weighted by molar-refractivity contribution is 0.0823. The summed E-state index contributed by atoms with van der Waals surface area (Å²) in [6, 6.07) is 4.56. The maximum Gasteiger partial charge on any atom is 0.256 e. The molecule has 0 radical (unpaired) electrons. The maximum absolute atomic E-state index is 14.2. The fourth-order valence-corrected chi connectivity index (χ4v) is 3.27. The van der Waals surface area contributed by atoms with Crippen LogP contribution >= 0.6 is 23.7 Å². The summed E-state index contributed by atoms with van der Waals surface area (Å²) in [5, 5.41) is 13.1. The fraction of sp³-hybridized carbons (Fsp3) is 0.400. The van der Waals surface area contributed by atoms with Crippen LogP contribution in [0.25, 0.3) is 10.6 Å². The molecule has 1 aliphatic rings. The minimum absolute atomic E-state index is 0. The van der Waals surface area contributed by atoms with Gasteiger partial charge in [-0.15, -0.1) is 22.6 Å². The second kappa shape index (κ2) is 7.87. The summed E-state index contributed by atoms with van der Waals surface area (Å²) in [7, 11) is 3.19. The molecule has 1 aromatic carbocycles. The number of hydrogen-bond donors (Lipinski definition) is 1. The summed E-state index contributed by atoms with van der Waals surface area (Å²) in [5.41, 5.74) is 0.697. The predicted octanol–water partition coefficient (Wildman–Crippen LogP) is 1.88. The van der Waals surface area contributed by atoms with E-state index in [0.29, 0.717) is 10.6 Å². The zero-order valence-electron chi connectivity index (χ0n) is 13.5. The Morgan fingerprint density at radius 1 is 1.29 bits per heavy atom. The Labute approximate surface area is 150 Å². The van der Waals surface area contributed by atoms with Gasteiger partial charge in [0.15, 0.2) is 0 Å². The van der Waals surface area contributed by atoms with Crippen molar-refractivity contribution in [3.8, 4) is 10.6 Å². The number of rotatable bonds is 3. The Kier molecular flexibility index (Phi) is 6.09. The van der Waals surface area contributed by atoms with Gasteiger partial charge in [0.1, 0.15) is 10.8 Å². The van der Waals surface area contributed by atoms with E-state index in [-0.39, 0.29) is 23.9 Å². The summed E-state index contributed by atoms with van der Waals surface area (Å²) >= 11 is 1.44. The van der Waals surface area contributed by atoms with E-state index < -0.39 is 5.82 Å². The zero-order chi connectivity index (χ0) is 16.4. The van der Waals surface area contributed by atoms with E-state index in [4.69, 9.17) is 0 Å². The van der Waals surface area contributed by atoms with Crippen molar-refractivity contribution in [3.63, 3.8) is 0 Å². The first kappa shape index (κ1) is 18.6.